The average molecular weight is 167 g/mol. The topological polar surface area (TPSA) is 38.7 Å². The highest BCUT2D eigenvalue weighted by molar-refractivity contribution is 5.96. The van der Waals surface area contributed by atoms with Crippen molar-refractivity contribution in [1.82, 2.24) is 0 Å². The van der Waals surface area contributed by atoms with Crippen LogP contribution in [0.4, 0.5) is 0 Å². The van der Waals surface area contributed by atoms with Gasteiger partial charge in [-0.3, -0.25) is 4.99 Å². The summed E-state index contributed by atoms with van der Waals surface area (Å²) in [5, 5.41) is 0. The van der Waals surface area contributed by atoms with E-state index in [0.717, 1.165) is 0 Å². The van der Waals surface area contributed by atoms with E-state index in [1.807, 2.05) is 20.8 Å². The molecule has 0 aromatic carbocycles. The van der Waals surface area contributed by atoms with Crippen LogP contribution in [0.5, 0.6) is 0 Å². The highest BCUT2D eigenvalue weighted by atomic mass is 16.6. The molecule has 1 aliphatic heterocycles. The van der Waals surface area contributed by atoms with Gasteiger partial charge < -0.3 is 4.74 Å². The van der Waals surface area contributed by atoms with Crippen LogP contribution in [0.3, 0.4) is 0 Å². The Kier molecular flexibility index (Phi) is 2.31. The van der Waals surface area contributed by atoms with E-state index in [9.17, 15) is 4.79 Å². The van der Waals surface area contributed by atoms with Gasteiger partial charge in [-0.25, -0.2) is 4.79 Å². The summed E-state index contributed by atoms with van der Waals surface area (Å²) in [6, 6.07) is 0. The maximum absolute atomic E-state index is 11.3. The third-order valence-corrected chi connectivity index (χ3v) is 1.30. The van der Waals surface area contributed by atoms with E-state index in [2.05, 4.69) is 4.99 Å². The standard InChI is InChI=1S/C9H13NO2/c1-9(2,3)12-8(11)7-4-5-10-6-7/h4-5H,6H2,1-3H3. The molecular weight excluding hydrogens is 154 g/mol. The average Bonchev–Trinajstić information content (AvgIpc) is 2.32. The van der Waals surface area contributed by atoms with Crippen LogP contribution in [0.15, 0.2) is 16.6 Å². The predicted molar refractivity (Wildman–Crippen MR) is 47.3 cm³/mol. The van der Waals surface area contributed by atoms with E-state index in [-0.39, 0.29) is 5.97 Å². The lowest BCUT2D eigenvalue weighted by Gasteiger charge is -2.19. The lowest BCUT2D eigenvalue weighted by Crippen LogP contribution is -2.25. The van der Waals surface area contributed by atoms with E-state index < -0.39 is 5.60 Å². The molecule has 0 aliphatic carbocycles. The summed E-state index contributed by atoms with van der Waals surface area (Å²) >= 11 is 0. The molecule has 0 N–H and O–H groups in total. The summed E-state index contributed by atoms with van der Waals surface area (Å²) in [4.78, 5) is 15.2. The minimum Gasteiger partial charge on any atom is -0.457 e. The maximum Gasteiger partial charge on any atom is 0.336 e. The van der Waals surface area contributed by atoms with Crippen molar-refractivity contribution in [3.8, 4) is 0 Å². The van der Waals surface area contributed by atoms with Crippen molar-refractivity contribution < 1.29 is 9.53 Å². The molecule has 12 heavy (non-hydrogen) atoms. The van der Waals surface area contributed by atoms with Gasteiger partial charge in [0.15, 0.2) is 0 Å². The van der Waals surface area contributed by atoms with Crippen molar-refractivity contribution in [1.29, 1.82) is 0 Å². The number of rotatable bonds is 1. The van der Waals surface area contributed by atoms with Crippen LogP contribution in [0.25, 0.3) is 0 Å². The molecule has 3 nitrogen and oxygen atoms in total. The van der Waals surface area contributed by atoms with Gasteiger partial charge in [-0.15, -0.1) is 0 Å². The van der Waals surface area contributed by atoms with Crippen LogP contribution in [0.2, 0.25) is 0 Å². The number of allylic oxidation sites excluding steroid dienone is 1. The fourth-order valence-electron chi connectivity index (χ4n) is 0.823. The fraction of sp³-hybridized carbons (Fsp3) is 0.556. The molecule has 0 fully saturated rings. The molecule has 0 spiro atoms. The van der Waals surface area contributed by atoms with Crippen LogP contribution >= 0.6 is 0 Å². The van der Waals surface area contributed by atoms with Crippen molar-refractivity contribution in [2.75, 3.05) is 6.54 Å². The molecule has 0 saturated carbocycles. The first-order chi connectivity index (χ1) is 5.49. The normalized spacial score (nSPS) is 16.1. The van der Waals surface area contributed by atoms with E-state index >= 15 is 0 Å². The maximum atomic E-state index is 11.3. The summed E-state index contributed by atoms with van der Waals surface area (Å²) in [7, 11) is 0. The number of esters is 1. The smallest absolute Gasteiger partial charge is 0.336 e. The van der Waals surface area contributed by atoms with E-state index in [0.29, 0.717) is 12.1 Å². The first-order valence-corrected chi connectivity index (χ1v) is 3.91. The van der Waals surface area contributed by atoms with Gasteiger partial charge in [0.2, 0.25) is 0 Å². The molecule has 0 amide bonds. The minimum atomic E-state index is -0.416. The molecule has 0 aromatic heterocycles. The Morgan fingerprint density at radius 1 is 1.58 bits per heavy atom. The third kappa shape index (κ3) is 2.49. The Morgan fingerprint density at radius 3 is 2.67 bits per heavy atom. The van der Waals surface area contributed by atoms with E-state index in [4.69, 9.17) is 4.74 Å². The van der Waals surface area contributed by atoms with Crippen LogP contribution in [0.1, 0.15) is 20.8 Å². The number of hydrogen-bond acceptors (Lipinski definition) is 3. The molecule has 0 radical (unpaired) electrons. The molecule has 3 heteroatoms. The summed E-state index contributed by atoms with van der Waals surface area (Å²) in [5.74, 6) is -0.264. The predicted octanol–water partition coefficient (Wildman–Crippen LogP) is 1.34. The lowest BCUT2D eigenvalue weighted by atomic mass is 10.2. The van der Waals surface area contributed by atoms with Crippen molar-refractivity contribution >= 4 is 12.2 Å². The number of aliphatic imine (C=N–C) groups is 1. The van der Waals surface area contributed by atoms with Crippen LogP contribution in [-0.2, 0) is 9.53 Å². The van der Waals surface area contributed by atoms with Gasteiger partial charge in [0, 0.05) is 6.21 Å². The van der Waals surface area contributed by atoms with E-state index in [1.54, 1.807) is 12.3 Å². The van der Waals surface area contributed by atoms with Crippen molar-refractivity contribution in [2.45, 2.75) is 26.4 Å². The highest BCUT2D eigenvalue weighted by Crippen LogP contribution is 2.12. The number of nitrogens with zero attached hydrogens (tertiary/aromatic N) is 1. The summed E-state index contributed by atoms with van der Waals surface area (Å²) in [5.41, 5.74) is 0.213. The van der Waals surface area contributed by atoms with Crippen LogP contribution < -0.4 is 0 Å². The molecule has 1 aliphatic rings. The highest BCUT2D eigenvalue weighted by Gasteiger charge is 2.20. The van der Waals surface area contributed by atoms with Crippen molar-refractivity contribution in [2.24, 2.45) is 4.99 Å². The van der Waals surface area contributed by atoms with Gasteiger partial charge in [0.1, 0.15) is 5.60 Å². The Labute approximate surface area is 72.1 Å². The number of carbonyl (C=O) groups is 1. The fourth-order valence-corrected chi connectivity index (χ4v) is 0.823. The van der Waals surface area contributed by atoms with Gasteiger partial charge in [-0.1, -0.05) is 0 Å². The minimum absolute atomic E-state index is 0.264. The van der Waals surface area contributed by atoms with Crippen molar-refractivity contribution in [3.63, 3.8) is 0 Å². The zero-order valence-corrected chi connectivity index (χ0v) is 7.63. The first kappa shape index (κ1) is 8.97. The summed E-state index contributed by atoms with van der Waals surface area (Å²) < 4.78 is 5.13. The molecule has 0 aromatic rings. The number of hydrogen-bond donors (Lipinski definition) is 0. The zero-order valence-electron chi connectivity index (χ0n) is 7.63. The molecule has 1 rings (SSSR count). The quantitative estimate of drug-likeness (QED) is 0.553. The van der Waals surface area contributed by atoms with Gasteiger partial charge in [-0.2, -0.15) is 0 Å². The second-order valence-electron chi connectivity index (χ2n) is 3.68. The molecule has 1 heterocycles. The van der Waals surface area contributed by atoms with E-state index in [1.165, 1.54) is 0 Å². The zero-order chi connectivity index (χ0) is 9.19. The Balaban J connectivity index is 2.50. The molecule has 0 atom stereocenters. The van der Waals surface area contributed by atoms with Gasteiger partial charge >= 0.3 is 5.97 Å². The summed E-state index contributed by atoms with van der Waals surface area (Å²) in [6.45, 7) is 6.00. The van der Waals surface area contributed by atoms with Crippen LogP contribution in [-0.4, -0.2) is 24.3 Å². The van der Waals surface area contributed by atoms with Gasteiger partial charge in [-0.05, 0) is 26.8 Å². The Hall–Kier alpha value is -1.12. The van der Waals surface area contributed by atoms with Crippen LogP contribution in [0, 0.1) is 0 Å². The Bertz CT molecular complexity index is 246. The third-order valence-electron chi connectivity index (χ3n) is 1.30. The van der Waals surface area contributed by atoms with Gasteiger partial charge in [0.05, 0.1) is 12.1 Å². The second-order valence-corrected chi connectivity index (χ2v) is 3.68. The molecule has 66 valence electrons. The van der Waals surface area contributed by atoms with Crippen molar-refractivity contribution in [3.05, 3.63) is 11.6 Å². The molecule has 0 unspecified atom stereocenters. The SMILES string of the molecule is CC(C)(C)OC(=O)C1=CC=NC1. The monoisotopic (exact) mass is 167 g/mol. The number of carbonyl (C=O) groups excluding carboxylic acids is 1. The number of ether oxygens (including phenoxy) is 1. The van der Waals surface area contributed by atoms with Gasteiger partial charge in [0.25, 0.3) is 0 Å². The molecule has 0 saturated heterocycles. The Morgan fingerprint density at radius 2 is 2.25 bits per heavy atom. The largest absolute Gasteiger partial charge is 0.457 e. The first-order valence-electron chi connectivity index (χ1n) is 3.91. The summed E-state index contributed by atoms with van der Waals surface area (Å²) in [6.07, 6.45) is 3.31. The second kappa shape index (κ2) is 3.09. The molecular formula is C9H13NO2. The lowest BCUT2D eigenvalue weighted by molar-refractivity contribution is -0.149. The molecule has 0 bridgehead atoms.